The Morgan fingerprint density at radius 3 is 2.74 bits per heavy atom. The Bertz CT molecular complexity index is 652. The number of H-pyrrole nitrogens is 1. The van der Waals surface area contributed by atoms with Crippen molar-refractivity contribution in [3.63, 3.8) is 0 Å². The molecule has 1 aliphatic rings. The molecule has 1 fully saturated rings. The number of nitrogens with zero attached hydrogens (tertiary/aromatic N) is 1. The van der Waals surface area contributed by atoms with Gasteiger partial charge in [0.2, 0.25) is 5.91 Å². The number of aromatic amines is 1. The van der Waals surface area contributed by atoms with Crippen molar-refractivity contribution in [2.24, 2.45) is 0 Å². The third kappa shape index (κ3) is 4.00. The van der Waals surface area contributed by atoms with Gasteiger partial charge in [-0.05, 0) is 30.5 Å². The Hall–Kier alpha value is -2.56. The molecule has 23 heavy (non-hydrogen) atoms. The first-order valence-electron chi connectivity index (χ1n) is 7.98. The second-order valence-electron chi connectivity index (χ2n) is 5.87. The first-order valence-corrected chi connectivity index (χ1v) is 7.98. The molecule has 3 rings (SSSR count). The van der Waals surface area contributed by atoms with Gasteiger partial charge < -0.3 is 15.2 Å². The second-order valence-corrected chi connectivity index (χ2v) is 5.87. The van der Waals surface area contributed by atoms with Gasteiger partial charge in [-0.1, -0.05) is 30.3 Å². The summed E-state index contributed by atoms with van der Waals surface area (Å²) in [7, 11) is 0. The molecule has 5 heteroatoms. The molecule has 2 N–H and O–H groups in total. The Labute approximate surface area is 135 Å². The lowest BCUT2D eigenvalue weighted by molar-refractivity contribution is -0.130. The fraction of sp³-hybridized carbons (Fsp3) is 0.333. The quantitative estimate of drug-likeness (QED) is 0.887. The molecule has 1 aliphatic heterocycles. The maximum Gasteiger partial charge on any atom is 0.267 e. The summed E-state index contributed by atoms with van der Waals surface area (Å²) >= 11 is 0. The molecule has 120 valence electrons. The summed E-state index contributed by atoms with van der Waals surface area (Å²) in [5, 5.41) is 2.98. The van der Waals surface area contributed by atoms with Gasteiger partial charge in [0.1, 0.15) is 5.69 Å². The summed E-state index contributed by atoms with van der Waals surface area (Å²) in [6.45, 7) is 1.31. The number of hydrogen-bond donors (Lipinski definition) is 2. The zero-order valence-corrected chi connectivity index (χ0v) is 13.0. The largest absolute Gasteiger partial charge is 0.357 e. The Kier molecular flexibility index (Phi) is 4.76. The summed E-state index contributed by atoms with van der Waals surface area (Å²) in [6, 6.07) is 13.6. The number of amides is 2. The number of carbonyl (C=O) groups excluding carboxylic acids is 2. The highest BCUT2D eigenvalue weighted by atomic mass is 16.2. The van der Waals surface area contributed by atoms with E-state index >= 15 is 0 Å². The van der Waals surface area contributed by atoms with Crippen molar-refractivity contribution in [3.8, 4) is 0 Å². The Balaban J connectivity index is 1.45. The van der Waals surface area contributed by atoms with Crippen LogP contribution in [0.3, 0.4) is 0 Å². The van der Waals surface area contributed by atoms with Gasteiger partial charge in [0.05, 0.1) is 0 Å². The van der Waals surface area contributed by atoms with Crippen molar-refractivity contribution in [1.82, 2.24) is 15.2 Å². The van der Waals surface area contributed by atoms with Crippen molar-refractivity contribution >= 4 is 11.8 Å². The van der Waals surface area contributed by atoms with Gasteiger partial charge in [0, 0.05) is 31.7 Å². The zero-order valence-electron chi connectivity index (χ0n) is 13.0. The lowest BCUT2D eigenvalue weighted by atomic mass is 10.1. The first kappa shape index (κ1) is 15.3. The molecule has 1 aromatic carbocycles. The number of nitrogens with one attached hydrogen (secondary N) is 2. The van der Waals surface area contributed by atoms with Crippen LogP contribution in [-0.4, -0.2) is 40.8 Å². The molecule has 1 atom stereocenters. The van der Waals surface area contributed by atoms with Crippen molar-refractivity contribution < 1.29 is 9.59 Å². The van der Waals surface area contributed by atoms with Crippen LogP contribution in [-0.2, 0) is 11.2 Å². The molecule has 0 spiro atoms. The minimum Gasteiger partial charge on any atom is -0.357 e. The molecular formula is C18H21N3O2. The predicted molar refractivity (Wildman–Crippen MR) is 88.0 cm³/mol. The van der Waals surface area contributed by atoms with E-state index in [0.717, 1.165) is 12.8 Å². The number of benzene rings is 1. The minimum atomic E-state index is -0.112. The topological polar surface area (TPSA) is 65.2 Å². The molecule has 1 aromatic heterocycles. The van der Waals surface area contributed by atoms with Gasteiger partial charge in [0.15, 0.2) is 0 Å². The minimum absolute atomic E-state index is 0.0338. The van der Waals surface area contributed by atoms with Gasteiger partial charge >= 0.3 is 0 Å². The van der Waals surface area contributed by atoms with Crippen LogP contribution in [0.4, 0.5) is 0 Å². The van der Waals surface area contributed by atoms with Gasteiger partial charge in [-0.2, -0.15) is 0 Å². The SMILES string of the molecule is O=C(N[C@@H]1CCN(C(=O)CCc2ccccc2)C1)c1ccc[nH]1. The van der Waals surface area contributed by atoms with Crippen LogP contribution in [0.1, 0.15) is 28.9 Å². The average Bonchev–Trinajstić information content (AvgIpc) is 3.25. The summed E-state index contributed by atoms with van der Waals surface area (Å²) in [6.07, 6.45) is 3.81. The first-order chi connectivity index (χ1) is 11.2. The van der Waals surface area contributed by atoms with E-state index in [-0.39, 0.29) is 17.9 Å². The van der Waals surface area contributed by atoms with Crippen LogP contribution in [0.2, 0.25) is 0 Å². The molecular weight excluding hydrogens is 290 g/mol. The fourth-order valence-electron chi connectivity index (χ4n) is 2.89. The Morgan fingerprint density at radius 1 is 1.17 bits per heavy atom. The van der Waals surface area contributed by atoms with Gasteiger partial charge in [-0.25, -0.2) is 0 Å². The Morgan fingerprint density at radius 2 is 2.00 bits per heavy atom. The predicted octanol–water partition coefficient (Wildman–Crippen LogP) is 1.98. The van der Waals surface area contributed by atoms with Crippen molar-refractivity contribution in [3.05, 3.63) is 59.9 Å². The van der Waals surface area contributed by atoms with Crippen LogP contribution < -0.4 is 5.32 Å². The molecule has 0 saturated carbocycles. The van der Waals surface area contributed by atoms with Gasteiger partial charge in [0.25, 0.3) is 5.91 Å². The molecule has 2 amide bonds. The highest BCUT2D eigenvalue weighted by molar-refractivity contribution is 5.92. The average molecular weight is 311 g/mol. The summed E-state index contributed by atoms with van der Waals surface area (Å²) in [5.74, 6) is 0.0454. The summed E-state index contributed by atoms with van der Waals surface area (Å²) in [4.78, 5) is 29.0. The summed E-state index contributed by atoms with van der Waals surface area (Å²) < 4.78 is 0. The smallest absolute Gasteiger partial charge is 0.267 e. The number of likely N-dealkylation sites (tertiary alicyclic amines) is 1. The zero-order chi connectivity index (χ0) is 16.1. The highest BCUT2D eigenvalue weighted by Gasteiger charge is 2.27. The number of aryl methyl sites for hydroxylation is 1. The van der Waals surface area contributed by atoms with Crippen LogP contribution >= 0.6 is 0 Å². The number of carbonyl (C=O) groups is 2. The molecule has 0 unspecified atom stereocenters. The van der Waals surface area contributed by atoms with E-state index in [9.17, 15) is 9.59 Å². The lowest BCUT2D eigenvalue weighted by Gasteiger charge is -2.17. The maximum atomic E-state index is 12.3. The number of hydrogen-bond acceptors (Lipinski definition) is 2. The standard InChI is InChI=1S/C18H21N3O2/c22-17(9-8-14-5-2-1-3-6-14)21-12-10-15(13-21)20-18(23)16-7-4-11-19-16/h1-7,11,15,19H,8-10,12-13H2,(H,20,23)/t15-/m1/s1. The van der Waals surface area contributed by atoms with Gasteiger partial charge in [-0.3, -0.25) is 9.59 Å². The van der Waals surface area contributed by atoms with E-state index < -0.39 is 0 Å². The maximum absolute atomic E-state index is 12.3. The molecule has 1 saturated heterocycles. The van der Waals surface area contributed by atoms with E-state index in [1.807, 2.05) is 35.2 Å². The summed E-state index contributed by atoms with van der Waals surface area (Å²) in [5.41, 5.74) is 1.73. The van der Waals surface area contributed by atoms with Gasteiger partial charge in [-0.15, -0.1) is 0 Å². The van der Waals surface area contributed by atoms with E-state index in [1.54, 1.807) is 18.3 Å². The van der Waals surface area contributed by atoms with E-state index in [4.69, 9.17) is 0 Å². The highest BCUT2D eigenvalue weighted by Crippen LogP contribution is 2.13. The molecule has 0 aliphatic carbocycles. The van der Waals surface area contributed by atoms with Crippen LogP contribution in [0, 0.1) is 0 Å². The van der Waals surface area contributed by atoms with Crippen LogP contribution in [0.15, 0.2) is 48.7 Å². The second kappa shape index (κ2) is 7.13. The molecule has 5 nitrogen and oxygen atoms in total. The van der Waals surface area contributed by atoms with Crippen molar-refractivity contribution in [2.45, 2.75) is 25.3 Å². The monoisotopic (exact) mass is 311 g/mol. The van der Waals surface area contributed by atoms with E-state index in [1.165, 1.54) is 5.56 Å². The third-order valence-electron chi connectivity index (χ3n) is 4.19. The van der Waals surface area contributed by atoms with Crippen LogP contribution in [0.25, 0.3) is 0 Å². The molecule has 2 aromatic rings. The van der Waals surface area contributed by atoms with Crippen molar-refractivity contribution in [1.29, 1.82) is 0 Å². The van der Waals surface area contributed by atoms with Crippen LogP contribution in [0.5, 0.6) is 0 Å². The van der Waals surface area contributed by atoms with E-state index in [2.05, 4.69) is 10.3 Å². The molecule has 0 bridgehead atoms. The van der Waals surface area contributed by atoms with E-state index in [0.29, 0.717) is 25.2 Å². The normalized spacial score (nSPS) is 17.2. The molecule has 0 radical (unpaired) electrons. The molecule has 2 heterocycles. The number of rotatable bonds is 5. The number of aromatic nitrogens is 1. The lowest BCUT2D eigenvalue weighted by Crippen LogP contribution is -2.38. The van der Waals surface area contributed by atoms with Crippen molar-refractivity contribution in [2.75, 3.05) is 13.1 Å². The third-order valence-corrected chi connectivity index (χ3v) is 4.19. The fourth-order valence-corrected chi connectivity index (χ4v) is 2.89.